The van der Waals surface area contributed by atoms with Crippen molar-refractivity contribution in [2.24, 2.45) is 5.92 Å². The van der Waals surface area contributed by atoms with Gasteiger partial charge in [-0.25, -0.2) is 0 Å². The molecule has 1 saturated heterocycles. The average Bonchev–Trinajstić information content (AvgIpc) is 3.30. The highest BCUT2D eigenvalue weighted by Gasteiger charge is 2.37. The molecular formula is C18H25N2O4+. The molecule has 1 aromatic carbocycles. The number of nitrogens with one attached hydrogen (secondary N) is 2. The number of likely N-dealkylation sites (tertiary alicyclic amines) is 1. The second-order valence-electron chi connectivity index (χ2n) is 7.27. The molecule has 2 heterocycles. The van der Waals surface area contributed by atoms with Crippen LogP contribution in [0.4, 0.5) is 0 Å². The van der Waals surface area contributed by atoms with Crippen molar-refractivity contribution in [2.45, 2.75) is 31.3 Å². The molecule has 24 heavy (non-hydrogen) atoms. The normalized spacial score (nSPS) is 28.6. The molecular weight excluding hydrogens is 308 g/mol. The van der Waals surface area contributed by atoms with E-state index in [0.29, 0.717) is 31.1 Å². The highest BCUT2D eigenvalue weighted by molar-refractivity contribution is 5.76. The summed E-state index contributed by atoms with van der Waals surface area (Å²) in [5.41, 5.74) is 0.0404. The van der Waals surface area contributed by atoms with Crippen LogP contribution in [0.2, 0.25) is 0 Å². The summed E-state index contributed by atoms with van der Waals surface area (Å²) in [6.07, 6.45) is 3.80. The number of quaternary nitrogens is 1. The zero-order valence-corrected chi connectivity index (χ0v) is 13.8. The second kappa shape index (κ2) is 6.26. The molecule has 0 unspecified atom stereocenters. The number of hydrogen-bond acceptors (Lipinski definition) is 4. The Hall–Kier alpha value is -1.79. The lowest BCUT2D eigenvalue weighted by Crippen LogP contribution is -3.14. The van der Waals surface area contributed by atoms with Crippen LogP contribution in [0.15, 0.2) is 18.2 Å². The molecule has 1 aromatic rings. The Labute approximate surface area is 141 Å². The van der Waals surface area contributed by atoms with E-state index in [1.165, 1.54) is 17.7 Å². The zero-order chi connectivity index (χ0) is 16.6. The maximum atomic E-state index is 12.0. The number of amides is 1. The molecule has 2 fully saturated rings. The fourth-order valence-electron chi connectivity index (χ4n) is 3.54. The van der Waals surface area contributed by atoms with Crippen LogP contribution in [0.3, 0.4) is 0 Å². The van der Waals surface area contributed by atoms with E-state index in [1.54, 1.807) is 0 Å². The summed E-state index contributed by atoms with van der Waals surface area (Å²) in [6.45, 7) is 3.16. The third-order valence-corrected chi connectivity index (χ3v) is 5.39. The van der Waals surface area contributed by atoms with Gasteiger partial charge in [0.25, 0.3) is 5.91 Å². The Morgan fingerprint density at radius 2 is 2.00 bits per heavy atom. The highest BCUT2D eigenvalue weighted by Crippen LogP contribution is 2.38. The van der Waals surface area contributed by atoms with Crippen LogP contribution in [0, 0.1) is 5.92 Å². The smallest absolute Gasteiger partial charge is 0.275 e. The number of hydrogen-bond donors (Lipinski definition) is 3. The molecule has 0 aromatic heterocycles. The monoisotopic (exact) mass is 333 g/mol. The lowest BCUT2D eigenvalue weighted by molar-refractivity contribution is -0.900. The zero-order valence-electron chi connectivity index (χ0n) is 13.8. The minimum atomic E-state index is -0.838. The van der Waals surface area contributed by atoms with E-state index in [2.05, 4.69) is 5.32 Å². The first-order valence-corrected chi connectivity index (χ1v) is 8.85. The third kappa shape index (κ3) is 3.35. The van der Waals surface area contributed by atoms with Gasteiger partial charge in [0.15, 0.2) is 18.0 Å². The van der Waals surface area contributed by atoms with E-state index in [0.717, 1.165) is 30.9 Å². The van der Waals surface area contributed by atoms with Crippen LogP contribution in [0.5, 0.6) is 11.5 Å². The van der Waals surface area contributed by atoms with Crippen molar-refractivity contribution in [3.05, 3.63) is 23.8 Å². The SMILES string of the molecule is O=C(C[NH+]1CCC(O)(c2ccc3c(c2)OCO3)CC1)NCC1CC1. The predicted molar refractivity (Wildman–Crippen MR) is 87.0 cm³/mol. The molecule has 3 aliphatic rings. The van der Waals surface area contributed by atoms with Gasteiger partial charge in [0.1, 0.15) is 5.60 Å². The van der Waals surface area contributed by atoms with E-state index in [4.69, 9.17) is 9.47 Å². The number of benzene rings is 1. The molecule has 0 atom stereocenters. The molecule has 1 amide bonds. The number of piperidine rings is 1. The first kappa shape index (κ1) is 15.7. The van der Waals surface area contributed by atoms with Gasteiger partial charge in [0.2, 0.25) is 6.79 Å². The largest absolute Gasteiger partial charge is 0.454 e. The molecule has 1 aliphatic carbocycles. The topological polar surface area (TPSA) is 72.2 Å². The Bertz CT molecular complexity index is 621. The minimum Gasteiger partial charge on any atom is -0.454 e. The average molecular weight is 333 g/mol. The molecule has 6 nitrogen and oxygen atoms in total. The third-order valence-electron chi connectivity index (χ3n) is 5.39. The van der Waals surface area contributed by atoms with Gasteiger partial charge >= 0.3 is 0 Å². The number of aliphatic hydroxyl groups is 1. The van der Waals surface area contributed by atoms with Crippen molar-refractivity contribution < 1.29 is 24.3 Å². The standard InChI is InChI=1S/C18H24N2O4/c21-17(19-10-13-1-2-13)11-20-7-5-18(22,6-8-20)14-3-4-15-16(9-14)24-12-23-15/h3-4,9,13,22H,1-2,5-8,10-12H2,(H,19,21)/p+1. The number of fused-ring (bicyclic) bond motifs is 1. The lowest BCUT2D eigenvalue weighted by Gasteiger charge is -2.36. The van der Waals surface area contributed by atoms with Gasteiger partial charge in [-0.05, 0) is 36.5 Å². The van der Waals surface area contributed by atoms with Crippen molar-refractivity contribution >= 4 is 5.91 Å². The summed E-state index contributed by atoms with van der Waals surface area (Å²) < 4.78 is 10.7. The second-order valence-corrected chi connectivity index (χ2v) is 7.27. The van der Waals surface area contributed by atoms with Crippen LogP contribution in [0.1, 0.15) is 31.2 Å². The van der Waals surface area contributed by atoms with Crippen molar-refractivity contribution in [1.29, 1.82) is 0 Å². The van der Waals surface area contributed by atoms with Gasteiger partial charge in [-0.15, -0.1) is 0 Å². The lowest BCUT2D eigenvalue weighted by atomic mass is 9.84. The maximum Gasteiger partial charge on any atom is 0.275 e. The minimum absolute atomic E-state index is 0.130. The van der Waals surface area contributed by atoms with Gasteiger partial charge in [-0.2, -0.15) is 0 Å². The first-order chi connectivity index (χ1) is 11.6. The summed E-state index contributed by atoms with van der Waals surface area (Å²) in [4.78, 5) is 13.2. The van der Waals surface area contributed by atoms with E-state index in [-0.39, 0.29) is 12.7 Å². The van der Waals surface area contributed by atoms with Gasteiger partial charge in [0, 0.05) is 19.4 Å². The van der Waals surface area contributed by atoms with Crippen LogP contribution in [-0.2, 0) is 10.4 Å². The number of ether oxygens (including phenoxy) is 2. The predicted octanol–water partition coefficient (Wildman–Crippen LogP) is -0.192. The summed E-state index contributed by atoms with van der Waals surface area (Å²) in [6, 6.07) is 5.66. The highest BCUT2D eigenvalue weighted by atomic mass is 16.7. The molecule has 0 bridgehead atoms. The molecule has 6 heteroatoms. The first-order valence-electron chi connectivity index (χ1n) is 8.85. The molecule has 130 valence electrons. The van der Waals surface area contributed by atoms with Crippen molar-refractivity contribution in [2.75, 3.05) is 33.0 Å². The number of rotatable bonds is 5. The van der Waals surface area contributed by atoms with Crippen LogP contribution in [0.25, 0.3) is 0 Å². The molecule has 0 radical (unpaired) electrons. The fraction of sp³-hybridized carbons (Fsp3) is 0.611. The van der Waals surface area contributed by atoms with E-state index >= 15 is 0 Å². The van der Waals surface area contributed by atoms with Gasteiger partial charge < -0.3 is 24.8 Å². The van der Waals surface area contributed by atoms with Crippen molar-refractivity contribution in [3.8, 4) is 11.5 Å². The van der Waals surface area contributed by atoms with E-state index in [9.17, 15) is 9.90 Å². The fourth-order valence-corrected chi connectivity index (χ4v) is 3.54. The molecule has 0 spiro atoms. The van der Waals surface area contributed by atoms with E-state index in [1.807, 2.05) is 18.2 Å². The summed E-state index contributed by atoms with van der Waals surface area (Å²) in [7, 11) is 0. The van der Waals surface area contributed by atoms with Crippen LogP contribution in [-0.4, -0.2) is 44.0 Å². The quantitative estimate of drug-likeness (QED) is 0.698. The van der Waals surface area contributed by atoms with Crippen molar-refractivity contribution in [1.82, 2.24) is 5.32 Å². The Kier molecular flexibility index (Phi) is 4.10. The Morgan fingerprint density at radius 1 is 1.25 bits per heavy atom. The van der Waals surface area contributed by atoms with E-state index < -0.39 is 5.60 Å². The van der Waals surface area contributed by atoms with Gasteiger partial charge in [-0.3, -0.25) is 4.79 Å². The molecule has 3 N–H and O–H groups in total. The summed E-state index contributed by atoms with van der Waals surface area (Å²) in [5.74, 6) is 2.28. The Balaban J connectivity index is 1.32. The van der Waals surface area contributed by atoms with Gasteiger partial charge in [0.05, 0.1) is 13.1 Å². The molecule has 2 aliphatic heterocycles. The number of carbonyl (C=O) groups is 1. The molecule has 1 saturated carbocycles. The summed E-state index contributed by atoms with van der Waals surface area (Å²) >= 11 is 0. The molecule has 4 rings (SSSR count). The van der Waals surface area contributed by atoms with Crippen LogP contribution >= 0.6 is 0 Å². The van der Waals surface area contributed by atoms with Crippen LogP contribution < -0.4 is 19.7 Å². The van der Waals surface area contributed by atoms with Gasteiger partial charge in [-0.1, -0.05) is 6.07 Å². The van der Waals surface area contributed by atoms with Crippen molar-refractivity contribution in [3.63, 3.8) is 0 Å². The summed E-state index contributed by atoms with van der Waals surface area (Å²) in [5, 5.41) is 14.0. The maximum absolute atomic E-state index is 12.0. The Morgan fingerprint density at radius 3 is 2.75 bits per heavy atom. The number of carbonyl (C=O) groups excluding carboxylic acids is 1.